The largest absolute Gasteiger partial charge is 0.495 e. The number of carbonyl (C=O) groups excluding carboxylic acids is 2. The molecule has 0 aromatic heterocycles. The first-order valence-corrected chi connectivity index (χ1v) is 13.1. The van der Waals surface area contributed by atoms with Crippen molar-refractivity contribution in [3.05, 3.63) is 58.1 Å². The Morgan fingerprint density at radius 3 is 2.29 bits per heavy atom. The number of hydrogen-bond donors (Lipinski definition) is 1. The molecule has 2 amide bonds. The van der Waals surface area contributed by atoms with E-state index in [4.69, 9.17) is 27.9 Å². The van der Waals surface area contributed by atoms with Crippen molar-refractivity contribution in [3.8, 4) is 5.75 Å². The number of carbonyl (C=O) groups is 2. The highest BCUT2D eigenvalue weighted by Crippen LogP contribution is 2.30. The normalized spacial score (nSPS) is 12.1. The van der Waals surface area contributed by atoms with Gasteiger partial charge in [-0.15, -0.1) is 0 Å². The lowest BCUT2D eigenvalue weighted by molar-refractivity contribution is -0.140. The number of anilines is 1. The van der Waals surface area contributed by atoms with Crippen LogP contribution in [0, 0.1) is 0 Å². The fraction of sp³-hybridized carbons (Fsp3) is 0.391. The fourth-order valence-electron chi connectivity index (χ4n) is 3.39. The summed E-state index contributed by atoms with van der Waals surface area (Å²) in [4.78, 5) is 26.8. The molecule has 34 heavy (non-hydrogen) atoms. The van der Waals surface area contributed by atoms with Gasteiger partial charge in [0.1, 0.15) is 11.8 Å². The molecule has 0 bridgehead atoms. The number of rotatable bonds is 11. The summed E-state index contributed by atoms with van der Waals surface area (Å²) in [6, 6.07) is 11.0. The first kappa shape index (κ1) is 27.8. The average Bonchev–Trinajstić information content (AvgIpc) is 2.79. The Hall–Kier alpha value is -2.49. The number of sulfonamides is 1. The highest BCUT2D eigenvalue weighted by Gasteiger charge is 2.26. The number of methoxy groups -OCH3 is 1. The van der Waals surface area contributed by atoms with Gasteiger partial charge in [0.05, 0.1) is 24.1 Å². The third-order valence-electron chi connectivity index (χ3n) is 5.26. The first-order valence-electron chi connectivity index (χ1n) is 10.5. The molecule has 11 heteroatoms. The molecule has 0 saturated carbocycles. The third-order valence-corrected chi connectivity index (χ3v) is 7.00. The molecule has 1 N–H and O–H groups in total. The average molecular weight is 530 g/mol. The smallest absolute Gasteiger partial charge is 0.242 e. The van der Waals surface area contributed by atoms with Gasteiger partial charge >= 0.3 is 0 Å². The summed E-state index contributed by atoms with van der Waals surface area (Å²) in [5.74, 6) is -0.143. The molecule has 1 atom stereocenters. The summed E-state index contributed by atoms with van der Waals surface area (Å²) < 4.78 is 31.1. The zero-order chi connectivity index (χ0) is 25.5. The second kappa shape index (κ2) is 12.3. The topological polar surface area (TPSA) is 96.0 Å². The Bertz CT molecular complexity index is 1110. The minimum atomic E-state index is -3.63. The first-order chi connectivity index (χ1) is 16.0. The van der Waals surface area contributed by atoms with E-state index in [1.54, 1.807) is 43.3 Å². The quantitative estimate of drug-likeness (QED) is 0.478. The maximum Gasteiger partial charge on any atom is 0.242 e. The van der Waals surface area contributed by atoms with Crippen molar-refractivity contribution in [2.24, 2.45) is 0 Å². The monoisotopic (exact) mass is 529 g/mol. The standard InChI is InChI=1S/C23H29Cl2N3O5S/c1-16(23(30)26-2)27(15-17-7-9-18(24)10-8-17)22(29)6-5-13-28(34(4,31)32)19-11-12-21(33-3)20(25)14-19/h7-12,14,16H,5-6,13,15H2,1-4H3,(H,26,30)/t16-/m1/s1. The molecule has 0 aliphatic carbocycles. The lowest BCUT2D eigenvalue weighted by Gasteiger charge is -2.29. The molecule has 0 saturated heterocycles. The van der Waals surface area contributed by atoms with E-state index in [1.807, 2.05) is 0 Å². The van der Waals surface area contributed by atoms with Crippen LogP contribution in [-0.4, -0.2) is 58.1 Å². The van der Waals surface area contributed by atoms with E-state index in [1.165, 1.54) is 29.4 Å². The van der Waals surface area contributed by atoms with E-state index in [0.717, 1.165) is 11.8 Å². The zero-order valence-corrected chi connectivity index (χ0v) is 21.9. The Morgan fingerprint density at radius 1 is 1.12 bits per heavy atom. The number of benzene rings is 2. The molecular weight excluding hydrogens is 501 g/mol. The van der Waals surface area contributed by atoms with E-state index in [0.29, 0.717) is 16.5 Å². The number of halogens is 2. The van der Waals surface area contributed by atoms with Crippen LogP contribution in [-0.2, 0) is 26.2 Å². The molecule has 8 nitrogen and oxygen atoms in total. The van der Waals surface area contributed by atoms with Gasteiger partial charge in [0.25, 0.3) is 0 Å². The Kier molecular flexibility index (Phi) is 10.0. The molecule has 2 aromatic rings. The maximum atomic E-state index is 13.1. The van der Waals surface area contributed by atoms with E-state index in [9.17, 15) is 18.0 Å². The molecular formula is C23H29Cl2N3O5S. The van der Waals surface area contributed by atoms with Gasteiger partial charge < -0.3 is 15.0 Å². The van der Waals surface area contributed by atoms with Gasteiger partial charge in [0.2, 0.25) is 21.8 Å². The van der Waals surface area contributed by atoms with E-state index in [2.05, 4.69) is 5.32 Å². The summed E-state index contributed by atoms with van der Waals surface area (Å²) in [7, 11) is -0.650. The van der Waals surface area contributed by atoms with Crippen molar-refractivity contribution < 1.29 is 22.7 Å². The summed E-state index contributed by atoms with van der Waals surface area (Å²) in [6.07, 6.45) is 1.38. The van der Waals surface area contributed by atoms with Crippen molar-refractivity contribution in [2.75, 3.05) is 31.3 Å². The summed E-state index contributed by atoms with van der Waals surface area (Å²) in [5.41, 5.74) is 1.19. The number of nitrogens with zero attached hydrogens (tertiary/aromatic N) is 2. The molecule has 186 valence electrons. The van der Waals surface area contributed by atoms with Gasteiger partial charge in [-0.2, -0.15) is 0 Å². The van der Waals surface area contributed by atoms with Gasteiger partial charge in [-0.05, 0) is 49.2 Å². The predicted octanol–water partition coefficient (Wildman–Crippen LogP) is 3.71. The van der Waals surface area contributed by atoms with E-state index < -0.39 is 16.1 Å². The summed E-state index contributed by atoms with van der Waals surface area (Å²) in [6.45, 7) is 1.93. The minimum Gasteiger partial charge on any atom is -0.495 e. The van der Waals surface area contributed by atoms with Crippen LogP contribution in [0.15, 0.2) is 42.5 Å². The lowest BCUT2D eigenvalue weighted by atomic mass is 10.1. The Balaban J connectivity index is 2.16. The lowest BCUT2D eigenvalue weighted by Crippen LogP contribution is -2.46. The second-order valence-corrected chi connectivity index (χ2v) is 10.4. The number of amides is 2. The summed E-state index contributed by atoms with van der Waals surface area (Å²) >= 11 is 12.1. The molecule has 2 aromatic carbocycles. The molecule has 0 aliphatic rings. The molecule has 0 unspecified atom stereocenters. The van der Waals surface area contributed by atoms with Crippen LogP contribution in [0.2, 0.25) is 10.0 Å². The van der Waals surface area contributed by atoms with Gasteiger partial charge in [0.15, 0.2) is 0 Å². The molecule has 0 radical (unpaired) electrons. The van der Waals surface area contributed by atoms with Crippen molar-refractivity contribution in [2.45, 2.75) is 32.4 Å². The molecule has 2 rings (SSSR count). The van der Waals surface area contributed by atoms with Crippen LogP contribution >= 0.6 is 23.2 Å². The Labute approximate surface area is 210 Å². The minimum absolute atomic E-state index is 0.0465. The second-order valence-electron chi connectivity index (χ2n) is 7.70. The van der Waals surface area contributed by atoms with Crippen molar-refractivity contribution >= 4 is 50.7 Å². The fourth-order valence-corrected chi connectivity index (χ4v) is 4.73. The number of ether oxygens (including phenoxy) is 1. The molecule has 0 heterocycles. The Morgan fingerprint density at radius 2 is 1.76 bits per heavy atom. The molecule has 0 spiro atoms. The summed E-state index contributed by atoms with van der Waals surface area (Å²) in [5, 5.41) is 3.41. The number of likely N-dealkylation sites (N-methyl/N-ethyl adjacent to an activating group) is 1. The SMILES string of the molecule is CNC(=O)[C@@H](C)N(Cc1ccc(Cl)cc1)C(=O)CCCN(c1ccc(OC)c(Cl)c1)S(C)(=O)=O. The van der Waals surface area contributed by atoms with Crippen LogP contribution in [0.1, 0.15) is 25.3 Å². The van der Waals surface area contributed by atoms with Crippen LogP contribution in [0.4, 0.5) is 5.69 Å². The van der Waals surface area contributed by atoms with E-state index >= 15 is 0 Å². The van der Waals surface area contributed by atoms with Crippen molar-refractivity contribution in [1.29, 1.82) is 0 Å². The maximum absolute atomic E-state index is 13.1. The zero-order valence-electron chi connectivity index (χ0n) is 19.5. The van der Waals surface area contributed by atoms with Crippen LogP contribution < -0.4 is 14.4 Å². The van der Waals surface area contributed by atoms with Gasteiger partial charge in [-0.25, -0.2) is 8.42 Å². The van der Waals surface area contributed by atoms with Crippen LogP contribution in [0.25, 0.3) is 0 Å². The predicted molar refractivity (Wildman–Crippen MR) is 135 cm³/mol. The van der Waals surface area contributed by atoms with Gasteiger partial charge in [-0.1, -0.05) is 35.3 Å². The van der Waals surface area contributed by atoms with Crippen LogP contribution in [0.5, 0.6) is 5.75 Å². The highest BCUT2D eigenvalue weighted by molar-refractivity contribution is 7.92. The van der Waals surface area contributed by atoms with Crippen molar-refractivity contribution in [1.82, 2.24) is 10.2 Å². The third kappa shape index (κ3) is 7.51. The number of hydrogen-bond acceptors (Lipinski definition) is 5. The van der Waals surface area contributed by atoms with Crippen LogP contribution in [0.3, 0.4) is 0 Å². The molecule has 0 fully saturated rings. The molecule has 0 aliphatic heterocycles. The van der Waals surface area contributed by atoms with Gasteiger partial charge in [-0.3, -0.25) is 13.9 Å². The number of nitrogens with one attached hydrogen (secondary N) is 1. The van der Waals surface area contributed by atoms with Gasteiger partial charge in [0, 0.05) is 31.6 Å². The van der Waals surface area contributed by atoms with Crippen molar-refractivity contribution in [3.63, 3.8) is 0 Å². The highest BCUT2D eigenvalue weighted by atomic mass is 35.5. The van der Waals surface area contributed by atoms with E-state index in [-0.39, 0.29) is 42.8 Å².